The SMILES string of the molecule is CC(c1ccccn1)N(C)C(=O)c1cc(NCc2ccsc2)cc(S(=O)(=O)N(C)C)c1. The summed E-state index contributed by atoms with van der Waals surface area (Å²) in [7, 11) is 0.914. The van der Waals surface area contributed by atoms with E-state index in [0.717, 1.165) is 15.6 Å². The van der Waals surface area contributed by atoms with Crippen LogP contribution in [0.4, 0.5) is 5.69 Å². The van der Waals surface area contributed by atoms with Gasteiger partial charge in [-0.1, -0.05) is 6.07 Å². The zero-order valence-electron chi connectivity index (χ0n) is 17.9. The average Bonchev–Trinajstić information content (AvgIpc) is 3.30. The first-order valence-corrected chi connectivity index (χ1v) is 12.1. The molecule has 1 amide bonds. The van der Waals surface area contributed by atoms with Crippen LogP contribution in [0.25, 0.3) is 0 Å². The Bertz CT molecular complexity index is 1130. The van der Waals surface area contributed by atoms with Crippen LogP contribution in [0.2, 0.25) is 0 Å². The van der Waals surface area contributed by atoms with Crippen LogP contribution in [0.1, 0.15) is 34.6 Å². The fraction of sp³-hybridized carbons (Fsp3) is 0.273. The molecule has 0 spiro atoms. The van der Waals surface area contributed by atoms with E-state index in [2.05, 4.69) is 10.3 Å². The lowest BCUT2D eigenvalue weighted by Crippen LogP contribution is -2.30. The van der Waals surface area contributed by atoms with E-state index < -0.39 is 10.0 Å². The first-order chi connectivity index (χ1) is 14.7. The summed E-state index contributed by atoms with van der Waals surface area (Å²) < 4.78 is 26.7. The third-order valence-corrected chi connectivity index (χ3v) is 7.55. The molecule has 1 N–H and O–H groups in total. The maximum absolute atomic E-state index is 13.3. The highest BCUT2D eigenvalue weighted by Gasteiger charge is 2.24. The predicted molar refractivity (Wildman–Crippen MR) is 124 cm³/mol. The van der Waals surface area contributed by atoms with Crippen molar-refractivity contribution >= 4 is 33.0 Å². The first kappa shape index (κ1) is 22.9. The number of aromatic nitrogens is 1. The van der Waals surface area contributed by atoms with Crippen molar-refractivity contribution in [3.05, 3.63) is 76.2 Å². The Labute approximate surface area is 187 Å². The molecule has 0 aliphatic rings. The van der Waals surface area contributed by atoms with Gasteiger partial charge in [0.05, 0.1) is 16.6 Å². The Hall–Kier alpha value is -2.75. The molecule has 164 valence electrons. The molecule has 0 saturated carbocycles. The van der Waals surface area contributed by atoms with E-state index in [9.17, 15) is 13.2 Å². The van der Waals surface area contributed by atoms with Gasteiger partial charge in [-0.25, -0.2) is 12.7 Å². The van der Waals surface area contributed by atoms with Crippen molar-refractivity contribution in [1.82, 2.24) is 14.2 Å². The molecule has 7 nitrogen and oxygen atoms in total. The molecule has 0 aliphatic heterocycles. The molecule has 2 aromatic heterocycles. The Morgan fingerprint density at radius 3 is 2.55 bits per heavy atom. The van der Waals surface area contributed by atoms with Gasteiger partial charge in [0.25, 0.3) is 5.91 Å². The number of hydrogen-bond donors (Lipinski definition) is 1. The summed E-state index contributed by atoms with van der Waals surface area (Å²) >= 11 is 1.59. The molecule has 0 saturated heterocycles. The predicted octanol–water partition coefficient (Wildman–Crippen LogP) is 3.84. The molecule has 2 heterocycles. The molecule has 31 heavy (non-hydrogen) atoms. The fourth-order valence-corrected chi connectivity index (χ4v) is 4.62. The van der Waals surface area contributed by atoms with Gasteiger partial charge in [0.2, 0.25) is 10.0 Å². The minimum atomic E-state index is -3.71. The number of pyridine rings is 1. The standard InChI is InChI=1S/C22H26N4O3S2/c1-16(21-7-5-6-9-23-21)26(4)22(27)18-11-19(24-14-17-8-10-30-15-17)13-20(12-18)31(28,29)25(2)3/h5-13,15-16,24H,14H2,1-4H3. The Kier molecular flexibility index (Phi) is 7.09. The molecule has 1 aromatic carbocycles. The van der Waals surface area contributed by atoms with Crippen molar-refractivity contribution in [2.75, 3.05) is 26.5 Å². The first-order valence-electron chi connectivity index (χ1n) is 9.71. The van der Waals surface area contributed by atoms with Crippen LogP contribution in [0.15, 0.2) is 64.3 Å². The number of amides is 1. The minimum Gasteiger partial charge on any atom is -0.381 e. The van der Waals surface area contributed by atoms with Crippen LogP contribution in [0.3, 0.4) is 0 Å². The molecule has 3 aromatic rings. The maximum atomic E-state index is 13.3. The van der Waals surface area contributed by atoms with Gasteiger partial charge in [0.1, 0.15) is 0 Å². The van der Waals surface area contributed by atoms with E-state index in [1.165, 1.54) is 20.2 Å². The number of carbonyl (C=O) groups excluding carboxylic acids is 1. The molecule has 1 unspecified atom stereocenters. The fourth-order valence-electron chi connectivity index (χ4n) is 2.98. The second kappa shape index (κ2) is 9.59. The van der Waals surface area contributed by atoms with Gasteiger partial charge >= 0.3 is 0 Å². The number of carbonyl (C=O) groups is 1. The van der Waals surface area contributed by atoms with Gasteiger partial charge in [-0.2, -0.15) is 11.3 Å². The zero-order valence-corrected chi connectivity index (χ0v) is 19.6. The number of anilines is 1. The molecule has 0 bridgehead atoms. The largest absolute Gasteiger partial charge is 0.381 e. The van der Waals surface area contributed by atoms with E-state index in [4.69, 9.17) is 0 Å². The Morgan fingerprint density at radius 2 is 1.94 bits per heavy atom. The van der Waals surface area contributed by atoms with Crippen molar-refractivity contribution in [2.24, 2.45) is 0 Å². The lowest BCUT2D eigenvalue weighted by Gasteiger charge is -2.25. The number of nitrogens with one attached hydrogen (secondary N) is 1. The minimum absolute atomic E-state index is 0.0649. The molecule has 0 radical (unpaired) electrons. The monoisotopic (exact) mass is 458 g/mol. The Morgan fingerprint density at radius 1 is 1.16 bits per heavy atom. The lowest BCUT2D eigenvalue weighted by molar-refractivity contribution is 0.0739. The van der Waals surface area contributed by atoms with Gasteiger partial charge in [0, 0.05) is 45.1 Å². The number of nitrogens with zero attached hydrogens (tertiary/aromatic N) is 3. The van der Waals surface area contributed by atoms with Gasteiger partial charge < -0.3 is 10.2 Å². The van der Waals surface area contributed by atoms with Crippen LogP contribution < -0.4 is 5.32 Å². The molecule has 0 aliphatic carbocycles. The molecule has 0 fully saturated rings. The topological polar surface area (TPSA) is 82.6 Å². The van der Waals surface area contributed by atoms with E-state index in [1.807, 2.05) is 41.9 Å². The summed E-state index contributed by atoms with van der Waals surface area (Å²) in [6.45, 7) is 2.42. The van der Waals surface area contributed by atoms with Crippen molar-refractivity contribution < 1.29 is 13.2 Å². The second-order valence-corrected chi connectivity index (χ2v) is 10.3. The number of benzene rings is 1. The third-order valence-electron chi connectivity index (χ3n) is 5.03. The summed E-state index contributed by atoms with van der Waals surface area (Å²) in [6, 6.07) is 11.9. The van der Waals surface area contributed by atoms with Crippen LogP contribution in [-0.4, -0.2) is 49.7 Å². The van der Waals surface area contributed by atoms with Crippen LogP contribution in [0, 0.1) is 0 Å². The van der Waals surface area contributed by atoms with E-state index in [0.29, 0.717) is 17.8 Å². The highest BCUT2D eigenvalue weighted by Crippen LogP contribution is 2.25. The lowest BCUT2D eigenvalue weighted by atomic mass is 10.1. The van der Waals surface area contributed by atoms with Crippen molar-refractivity contribution in [1.29, 1.82) is 0 Å². The summed E-state index contributed by atoms with van der Waals surface area (Å²) in [4.78, 5) is 19.2. The van der Waals surface area contributed by atoms with Crippen LogP contribution in [0.5, 0.6) is 0 Å². The van der Waals surface area contributed by atoms with Crippen LogP contribution >= 0.6 is 11.3 Å². The zero-order chi connectivity index (χ0) is 22.6. The molecule has 1 atom stereocenters. The maximum Gasteiger partial charge on any atom is 0.254 e. The van der Waals surface area contributed by atoms with Crippen molar-refractivity contribution in [3.63, 3.8) is 0 Å². The highest BCUT2D eigenvalue weighted by atomic mass is 32.2. The number of thiophene rings is 1. The summed E-state index contributed by atoms with van der Waals surface area (Å²) in [5, 5.41) is 7.23. The van der Waals surface area contributed by atoms with Crippen molar-refractivity contribution in [3.8, 4) is 0 Å². The van der Waals surface area contributed by atoms with Crippen molar-refractivity contribution in [2.45, 2.75) is 24.4 Å². The number of sulfonamides is 1. The quantitative estimate of drug-likeness (QED) is 0.555. The smallest absolute Gasteiger partial charge is 0.254 e. The third kappa shape index (κ3) is 5.30. The normalized spacial score (nSPS) is 12.5. The summed E-state index contributed by atoms with van der Waals surface area (Å²) in [5.74, 6) is -0.285. The van der Waals surface area contributed by atoms with Gasteiger partial charge in [-0.3, -0.25) is 9.78 Å². The molecular formula is C22H26N4O3S2. The van der Waals surface area contributed by atoms with E-state index in [1.54, 1.807) is 41.6 Å². The second-order valence-electron chi connectivity index (χ2n) is 7.37. The Balaban J connectivity index is 1.95. The van der Waals surface area contributed by atoms with Gasteiger partial charge in [-0.05, 0) is 59.6 Å². The number of rotatable bonds is 8. The molecule has 9 heteroatoms. The van der Waals surface area contributed by atoms with E-state index in [-0.39, 0.29) is 16.8 Å². The van der Waals surface area contributed by atoms with E-state index >= 15 is 0 Å². The van der Waals surface area contributed by atoms with Gasteiger partial charge in [-0.15, -0.1) is 0 Å². The molecular weight excluding hydrogens is 432 g/mol. The highest BCUT2D eigenvalue weighted by molar-refractivity contribution is 7.89. The average molecular weight is 459 g/mol. The summed E-state index contributed by atoms with van der Waals surface area (Å²) in [6.07, 6.45) is 1.68. The van der Waals surface area contributed by atoms with Crippen LogP contribution in [-0.2, 0) is 16.6 Å². The van der Waals surface area contributed by atoms with Gasteiger partial charge in [0.15, 0.2) is 0 Å². The number of hydrogen-bond acceptors (Lipinski definition) is 6. The molecule has 3 rings (SSSR count). The summed E-state index contributed by atoms with van der Waals surface area (Å²) in [5.41, 5.74) is 2.70.